The normalized spacial score (nSPS) is 13.1. The highest BCUT2D eigenvalue weighted by Crippen LogP contribution is 2.46. The Labute approximate surface area is 165 Å². The third-order valence-electron chi connectivity index (χ3n) is 5.72. The number of phenolic OH excluding ortho intramolecular Hbond substituents is 2. The number of hydrogen-bond acceptors (Lipinski definition) is 2. The Morgan fingerprint density at radius 2 is 0.852 bits per heavy atom. The van der Waals surface area contributed by atoms with Gasteiger partial charge in [0.1, 0.15) is 11.5 Å². The number of aromatic hydroxyl groups is 2. The van der Waals surface area contributed by atoms with Gasteiger partial charge in [0.05, 0.1) is 0 Å². The molecule has 2 N–H and O–H groups in total. The first-order chi connectivity index (χ1) is 12.1. The van der Waals surface area contributed by atoms with E-state index in [0.717, 1.165) is 11.1 Å². The van der Waals surface area contributed by atoms with Gasteiger partial charge in [0.15, 0.2) is 0 Å². The van der Waals surface area contributed by atoms with Crippen LogP contribution < -0.4 is 0 Å². The Kier molecular flexibility index (Phi) is 5.20. The van der Waals surface area contributed by atoms with E-state index in [4.69, 9.17) is 0 Å². The SMILES string of the molecule is Cc1c(O)ccc(C(C)(C)c2ccc(O)c(C)c2C(C)(C)C)c1C(C)(C)C. The second-order valence-electron chi connectivity index (χ2n) is 10.4. The lowest BCUT2D eigenvalue weighted by Gasteiger charge is -2.38. The summed E-state index contributed by atoms with van der Waals surface area (Å²) in [6.07, 6.45) is 0. The van der Waals surface area contributed by atoms with Crippen LogP contribution in [0.3, 0.4) is 0 Å². The molecule has 0 aliphatic heterocycles. The summed E-state index contributed by atoms with van der Waals surface area (Å²) in [5.74, 6) is 0.690. The fourth-order valence-electron chi connectivity index (χ4n) is 4.52. The average Bonchev–Trinajstić information content (AvgIpc) is 2.49. The molecule has 0 heterocycles. The zero-order chi connectivity index (χ0) is 20.9. The van der Waals surface area contributed by atoms with Crippen molar-refractivity contribution in [1.82, 2.24) is 0 Å². The quantitative estimate of drug-likeness (QED) is 0.624. The number of phenols is 2. The highest BCUT2D eigenvalue weighted by Gasteiger charge is 2.36. The van der Waals surface area contributed by atoms with Crippen LogP contribution in [0.15, 0.2) is 24.3 Å². The minimum atomic E-state index is -0.276. The van der Waals surface area contributed by atoms with E-state index in [1.54, 1.807) is 0 Å². The fraction of sp³-hybridized carbons (Fsp3) is 0.520. The topological polar surface area (TPSA) is 40.5 Å². The average molecular weight is 369 g/mol. The molecule has 0 spiro atoms. The number of rotatable bonds is 2. The van der Waals surface area contributed by atoms with Crippen molar-refractivity contribution >= 4 is 0 Å². The predicted molar refractivity (Wildman–Crippen MR) is 115 cm³/mol. The second-order valence-corrected chi connectivity index (χ2v) is 10.4. The summed E-state index contributed by atoms with van der Waals surface area (Å²) >= 11 is 0. The molecule has 2 rings (SSSR count). The first-order valence-corrected chi connectivity index (χ1v) is 9.77. The van der Waals surface area contributed by atoms with Gasteiger partial charge in [-0.15, -0.1) is 0 Å². The van der Waals surface area contributed by atoms with E-state index in [0.29, 0.717) is 11.5 Å². The standard InChI is InChI=1S/C25H36O2/c1-15-19(26)13-11-17(21(15)23(3,4)5)25(9,10)18-12-14-20(27)16(2)22(18)24(6,7)8/h11-14,26-27H,1-10H3. The minimum absolute atomic E-state index is 0.0940. The lowest BCUT2D eigenvalue weighted by Crippen LogP contribution is -2.30. The molecule has 2 aromatic carbocycles. The van der Waals surface area contributed by atoms with Gasteiger partial charge >= 0.3 is 0 Å². The van der Waals surface area contributed by atoms with E-state index in [9.17, 15) is 10.2 Å². The maximum Gasteiger partial charge on any atom is 0.118 e. The number of hydrogen-bond donors (Lipinski definition) is 2. The Morgan fingerprint density at radius 3 is 1.11 bits per heavy atom. The molecule has 0 saturated carbocycles. The third-order valence-corrected chi connectivity index (χ3v) is 5.72. The van der Waals surface area contributed by atoms with Crippen molar-refractivity contribution in [2.45, 2.75) is 85.5 Å². The monoisotopic (exact) mass is 368 g/mol. The predicted octanol–water partition coefficient (Wildman–Crippen LogP) is 6.64. The molecule has 0 unspecified atom stereocenters. The van der Waals surface area contributed by atoms with Crippen LogP contribution in [0, 0.1) is 13.8 Å². The Morgan fingerprint density at radius 1 is 0.556 bits per heavy atom. The van der Waals surface area contributed by atoms with Gasteiger partial charge in [-0.2, -0.15) is 0 Å². The first-order valence-electron chi connectivity index (χ1n) is 9.77. The smallest absolute Gasteiger partial charge is 0.118 e. The minimum Gasteiger partial charge on any atom is -0.508 e. The van der Waals surface area contributed by atoms with E-state index < -0.39 is 0 Å². The molecule has 0 amide bonds. The Bertz CT molecular complexity index is 788. The molecule has 2 nitrogen and oxygen atoms in total. The van der Waals surface area contributed by atoms with Crippen LogP contribution >= 0.6 is 0 Å². The maximum absolute atomic E-state index is 10.4. The van der Waals surface area contributed by atoms with E-state index in [1.165, 1.54) is 22.3 Å². The zero-order valence-electron chi connectivity index (χ0n) is 18.7. The molecular weight excluding hydrogens is 332 g/mol. The van der Waals surface area contributed by atoms with E-state index >= 15 is 0 Å². The van der Waals surface area contributed by atoms with E-state index in [2.05, 4.69) is 67.5 Å². The largest absolute Gasteiger partial charge is 0.508 e. The van der Waals surface area contributed by atoms with Crippen molar-refractivity contribution in [3.8, 4) is 11.5 Å². The summed E-state index contributed by atoms with van der Waals surface area (Å²) < 4.78 is 0. The molecule has 27 heavy (non-hydrogen) atoms. The number of benzene rings is 2. The zero-order valence-corrected chi connectivity index (χ0v) is 18.7. The summed E-state index contributed by atoms with van der Waals surface area (Å²) in [5, 5.41) is 20.7. The molecule has 0 atom stereocenters. The molecule has 2 aromatic rings. The molecule has 0 aliphatic carbocycles. The molecule has 0 fully saturated rings. The van der Waals surface area contributed by atoms with Gasteiger partial charge in [0.25, 0.3) is 0 Å². The van der Waals surface area contributed by atoms with Crippen molar-refractivity contribution in [1.29, 1.82) is 0 Å². The lowest BCUT2D eigenvalue weighted by molar-refractivity contribution is 0.457. The van der Waals surface area contributed by atoms with Crippen LogP contribution in [0.2, 0.25) is 0 Å². The molecule has 0 saturated heterocycles. The summed E-state index contributed by atoms with van der Waals surface area (Å²) in [6, 6.07) is 7.76. The summed E-state index contributed by atoms with van der Waals surface area (Å²) in [7, 11) is 0. The highest BCUT2D eigenvalue weighted by atomic mass is 16.3. The maximum atomic E-state index is 10.4. The van der Waals surface area contributed by atoms with Gasteiger partial charge in [-0.1, -0.05) is 67.5 Å². The van der Waals surface area contributed by atoms with E-state index in [-0.39, 0.29) is 16.2 Å². The third kappa shape index (κ3) is 3.72. The fourth-order valence-corrected chi connectivity index (χ4v) is 4.52. The summed E-state index contributed by atoms with van der Waals surface area (Å²) in [6.45, 7) is 21.7. The molecular formula is C25H36O2. The van der Waals surface area contributed by atoms with Crippen LogP contribution in [-0.2, 0) is 16.2 Å². The van der Waals surface area contributed by atoms with Crippen LogP contribution in [0.5, 0.6) is 11.5 Å². The van der Waals surface area contributed by atoms with Crippen molar-refractivity contribution in [2.24, 2.45) is 0 Å². The van der Waals surface area contributed by atoms with Crippen LogP contribution in [0.25, 0.3) is 0 Å². The molecule has 0 radical (unpaired) electrons. The van der Waals surface area contributed by atoms with Crippen LogP contribution in [0.4, 0.5) is 0 Å². The highest BCUT2D eigenvalue weighted by molar-refractivity contribution is 5.57. The van der Waals surface area contributed by atoms with Crippen molar-refractivity contribution in [3.63, 3.8) is 0 Å². The molecule has 0 bridgehead atoms. The van der Waals surface area contributed by atoms with Gasteiger partial charge in [-0.05, 0) is 70.2 Å². The van der Waals surface area contributed by atoms with Crippen molar-refractivity contribution < 1.29 is 10.2 Å². The van der Waals surface area contributed by atoms with Crippen molar-refractivity contribution in [2.75, 3.05) is 0 Å². The van der Waals surface area contributed by atoms with Gasteiger partial charge in [-0.3, -0.25) is 0 Å². The van der Waals surface area contributed by atoms with Gasteiger partial charge in [0, 0.05) is 5.41 Å². The molecule has 0 aromatic heterocycles. The van der Waals surface area contributed by atoms with Gasteiger partial charge in [-0.25, -0.2) is 0 Å². The van der Waals surface area contributed by atoms with E-state index in [1.807, 2.05) is 26.0 Å². The van der Waals surface area contributed by atoms with Crippen molar-refractivity contribution in [3.05, 3.63) is 57.6 Å². The summed E-state index contributed by atoms with van der Waals surface area (Å²) in [4.78, 5) is 0. The Hall–Kier alpha value is -1.96. The van der Waals surface area contributed by atoms with Gasteiger partial charge in [0.2, 0.25) is 0 Å². The Balaban J connectivity index is 2.91. The van der Waals surface area contributed by atoms with Gasteiger partial charge < -0.3 is 10.2 Å². The summed E-state index contributed by atoms with van der Waals surface area (Å²) in [5.41, 5.74) is 6.26. The lowest BCUT2D eigenvalue weighted by atomic mass is 9.66. The van der Waals surface area contributed by atoms with Crippen LogP contribution in [-0.4, -0.2) is 10.2 Å². The molecule has 2 heteroatoms. The van der Waals surface area contributed by atoms with Crippen LogP contribution in [0.1, 0.15) is 88.8 Å². The molecule has 0 aliphatic rings. The first kappa shape index (κ1) is 21.3. The molecule has 148 valence electrons. The second kappa shape index (κ2) is 6.58.